The molecule has 58 heavy (non-hydrogen) atoms. The molecule has 1 aliphatic rings. The van der Waals surface area contributed by atoms with Gasteiger partial charge in [-0.15, -0.1) is 11.3 Å². The number of aromatic nitrogens is 1. The number of aliphatic carboxylic acids is 1. The SMILES string of the molecule is CCC(C)C(CC(=O)C1CCCCN1C)C(=O)N(Cc1ccccc1)[C@H](C[C@@H](OCOC)c1nc(C(=O)N[C@@H](Cc2ccc(F)cc2)C[C@H](C)C(=O)O)cs1)C(C)C. The number of piperidine rings is 1. The van der Waals surface area contributed by atoms with Crippen molar-refractivity contribution in [3.05, 3.63) is 87.6 Å². The number of carbonyl (C=O) groups excluding carboxylic acids is 3. The molecule has 3 unspecified atom stereocenters. The number of methoxy groups -OCH3 is 1. The number of likely N-dealkylation sites (N-methyl/N-ethyl adjacent to an activating group) is 1. The molecule has 2 amide bonds. The predicted molar refractivity (Wildman–Crippen MR) is 224 cm³/mol. The summed E-state index contributed by atoms with van der Waals surface area (Å²) in [6.07, 6.45) is 3.98. The summed E-state index contributed by atoms with van der Waals surface area (Å²) in [5, 5.41) is 14.8. The molecule has 318 valence electrons. The van der Waals surface area contributed by atoms with Crippen LogP contribution < -0.4 is 5.32 Å². The minimum Gasteiger partial charge on any atom is -0.481 e. The third-order valence-electron chi connectivity index (χ3n) is 11.5. The largest absolute Gasteiger partial charge is 0.481 e. The van der Waals surface area contributed by atoms with E-state index in [0.717, 1.165) is 43.4 Å². The summed E-state index contributed by atoms with van der Waals surface area (Å²) in [5.74, 6) is -3.06. The summed E-state index contributed by atoms with van der Waals surface area (Å²) in [7, 11) is 3.53. The van der Waals surface area contributed by atoms with E-state index in [1.807, 2.05) is 42.3 Å². The van der Waals surface area contributed by atoms with Gasteiger partial charge in [0.2, 0.25) is 5.91 Å². The van der Waals surface area contributed by atoms with E-state index in [1.54, 1.807) is 24.4 Å². The van der Waals surface area contributed by atoms with Crippen molar-refractivity contribution in [1.82, 2.24) is 20.1 Å². The number of Topliss-reactive ketones (excluding diaryl/α,β-unsaturated/α-hetero) is 1. The van der Waals surface area contributed by atoms with Crippen LogP contribution in [0.15, 0.2) is 60.0 Å². The molecule has 2 heterocycles. The van der Waals surface area contributed by atoms with E-state index < -0.39 is 35.9 Å². The van der Waals surface area contributed by atoms with E-state index in [-0.39, 0.29) is 66.8 Å². The predicted octanol–water partition coefficient (Wildman–Crippen LogP) is 7.95. The van der Waals surface area contributed by atoms with E-state index in [2.05, 4.69) is 37.9 Å². The number of nitrogens with one attached hydrogen (secondary N) is 1. The van der Waals surface area contributed by atoms with Crippen molar-refractivity contribution in [3.63, 3.8) is 0 Å². The van der Waals surface area contributed by atoms with Crippen LogP contribution in [-0.4, -0.2) is 89.1 Å². The molecule has 0 saturated carbocycles. The van der Waals surface area contributed by atoms with Crippen LogP contribution >= 0.6 is 11.3 Å². The molecule has 1 aliphatic heterocycles. The maximum atomic E-state index is 15.1. The Morgan fingerprint density at radius 2 is 1.72 bits per heavy atom. The van der Waals surface area contributed by atoms with Crippen molar-refractivity contribution in [2.24, 2.45) is 23.7 Å². The summed E-state index contributed by atoms with van der Waals surface area (Å²) >= 11 is 1.26. The fraction of sp³-hybridized carbons (Fsp3) is 0.578. The number of likely N-dealkylation sites (tertiary alicyclic amines) is 1. The van der Waals surface area contributed by atoms with Crippen LogP contribution in [0.2, 0.25) is 0 Å². The van der Waals surface area contributed by atoms with Gasteiger partial charge in [0, 0.05) is 49.9 Å². The van der Waals surface area contributed by atoms with E-state index in [4.69, 9.17) is 14.5 Å². The lowest BCUT2D eigenvalue weighted by Gasteiger charge is -2.40. The zero-order valence-electron chi connectivity index (χ0n) is 35.2. The second-order valence-electron chi connectivity index (χ2n) is 16.3. The van der Waals surface area contributed by atoms with Crippen molar-refractivity contribution in [2.75, 3.05) is 27.5 Å². The molecule has 11 nitrogen and oxygen atoms in total. The molecule has 0 radical (unpaired) electrons. The van der Waals surface area contributed by atoms with Crippen LogP contribution in [0, 0.1) is 29.5 Å². The summed E-state index contributed by atoms with van der Waals surface area (Å²) in [5.41, 5.74) is 1.88. The molecule has 1 saturated heterocycles. The number of hydrogen-bond donors (Lipinski definition) is 2. The van der Waals surface area contributed by atoms with Crippen molar-refractivity contribution < 1.29 is 38.1 Å². The van der Waals surface area contributed by atoms with Crippen LogP contribution in [-0.2, 0) is 36.8 Å². The lowest BCUT2D eigenvalue weighted by atomic mass is 9.82. The number of ketones is 1. The molecule has 3 aromatic rings. The number of nitrogens with zero attached hydrogens (tertiary/aromatic N) is 3. The number of halogens is 1. The maximum absolute atomic E-state index is 15.1. The number of carboxylic acid groups (broad SMARTS) is 1. The lowest BCUT2D eigenvalue weighted by Crippen LogP contribution is -2.49. The monoisotopic (exact) mass is 822 g/mol. The van der Waals surface area contributed by atoms with Gasteiger partial charge in [-0.05, 0) is 74.4 Å². The van der Waals surface area contributed by atoms with E-state index >= 15 is 4.79 Å². The van der Waals surface area contributed by atoms with Crippen molar-refractivity contribution in [2.45, 2.75) is 117 Å². The zero-order valence-corrected chi connectivity index (χ0v) is 36.0. The average Bonchev–Trinajstić information content (AvgIpc) is 3.70. The highest BCUT2D eigenvalue weighted by Gasteiger charge is 2.39. The van der Waals surface area contributed by atoms with Gasteiger partial charge in [0.05, 0.1) is 12.0 Å². The number of rotatable bonds is 23. The third kappa shape index (κ3) is 13.5. The second-order valence-corrected chi connectivity index (χ2v) is 17.2. The normalized spacial score (nSPS) is 17.8. The molecular weight excluding hydrogens is 760 g/mol. The molecule has 0 bridgehead atoms. The summed E-state index contributed by atoms with van der Waals surface area (Å²) in [6, 6.07) is 14.7. The highest BCUT2D eigenvalue weighted by Crippen LogP contribution is 2.34. The number of hydrogen-bond acceptors (Lipinski definition) is 9. The molecule has 1 fully saturated rings. The minimum absolute atomic E-state index is 0.0229. The number of thiazole rings is 1. The van der Waals surface area contributed by atoms with E-state index in [9.17, 15) is 23.9 Å². The Labute approximate surface area is 347 Å². The minimum atomic E-state index is -0.981. The first-order valence-electron chi connectivity index (χ1n) is 20.6. The van der Waals surface area contributed by atoms with E-state index in [1.165, 1.54) is 30.6 Å². The van der Waals surface area contributed by atoms with Gasteiger partial charge in [0.1, 0.15) is 29.4 Å². The van der Waals surface area contributed by atoms with Gasteiger partial charge < -0.3 is 24.8 Å². The summed E-state index contributed by atoms with van der Waals surface area (Å²) < 4.78 is 25.2. The number of amides is 2. The van der Waals surface area contributed by atoms with Gasteiger partial charge in [-0.25, -0.2) is 9.37 Å². The van der Waals surface area contributed by atoms with Gasteiger partial charge in [0.25, 0.3) is 5.91 Å². The molecule has 1 aromatic heterocycles. The lowest BCUT2D eigenvalue weighted by molar-refractivity contribution is -0.146. The first kappa shape index (κ1) is 46.6. The molecule has 2 N–H and O–H groups in total. The highest BCUT2D eigenvalue weighted by atomic mass is 32.1. The molecule has 7 atom stereocenters. The van der Waals surface area contributed by atoms with E-state index in [0.29, 0.717) is 24.4 Å². The highest BCUT2D eigenvalue weighted by molar-refractivity contribution is 7.09. The van der Waals surface area contributed by atoms with Gasteiger partial charge in [-0.1, -0.05) is 89.9 Å². The molecule has 2 aromatic carbocycles. The first-order valence-corrected chi connectivity index (χ1v) is 21.5. The molecule has 0 spiro atoms. The van der Waals surface area contributed by atoms with Gasteiger partial charge in [-0.2, -0.15) is 0 Å². The Morgan fingerprint density at radius 1 is 1.02 bits per heavy atom. The number of benzene rings is 2. The second kappa shape index (κ2) is 22.9. The quantitative estimate of drug-likeness (QED) is 0.0914. The number of carbonyl (C=O) groups is 4. The average molecular weight is 823 g/mol. The first-order chi connectivity index (χ1) is 27.7. The summed E-state index contributed by atoms with van der Waals surface area (Å²) in [4.78, 5) is 63.2. The van der Waals surface area contributed by atoms with Gasteiger partial charge >= 0.3 is 5.97 Å². The number of carboxylic acids is 1. The Kier molecular flexibility index (Phi) is 18.4. The third-order valence-corrected chi connectivity index (χ3v) is 12.5. The van der Waals surface area contributed by atoms with Gasteiger partial charge in [0.15, 0.2) is 5.78 Å². The molecule has 0 aliphatic carbocycles. The Morgan fingerprint density at radius 3 is 2.34 bits per heavy atom. The van der Waals surface area contributed by atoms with Crippen LogP contribution in [0.25, 0.3) is 0 Å². The Bertz CT molecular complexity index is 1760. The fourth-order valence-corrected chi connectivity index (χ4v) is 8.66. The molecule has 4 rings (SSSR count). The van der Waals surface area contributed by atoms with Crippen molar-refractivity contribution >= 4 is 34.9 Å². The van der Waals surface area contributed by atoms with Gasteiger partial charge in [-0.3, -0.25) is 24.1 Å². The molecular formula is C45H63FN4O7S. The Balaban J connectivity index is 1.63. The molecule has 13 heteroatoms. The van der Waals surface area contributed by atoms with Crippen LogP contribution in [0.1, 0.15) is 112 Å². The standard InChI is InChI=1S/C45H63FN4O7S/c1-8-30(4)36(24-40(51)38-16-12-13-21-49(38)6)44(53)50(26-33-14-10-9-11-15-33)39(29(2)3)25-41(57-28-56-7)43-48-37(27-58-43)42(52)47-35(22-31(5)45(54)55)23-32-17-19-34(46)20-18-32/h9-11,14-15,17-20,27,29-31,35-36,38-39,41H,8,12-13,16,21-26,28H2,1-7H3,(H,47,52)(H,54,55)/t30?,31-,35+,36?,38?,39+,41+/m0/s1. The topological polar surface area (TPSA) is 138 Å². The van der Waals surface area contributed by atoms with Crippen molar-refractivity contribution in [1.29, 1.82) is 0 Å². The summed E-state index contributed by atoms with van der Waals surface area (Å²) in [6.45, 7) is 11.0. The zero-order chi connectivity index (χ0) is 42.4. The van der Waals surface area contributed by atoms with Crippen LogP contribution in [0.3, 0.4) is 0 Å². The smallest absolute Gasteiger partial charge is 0.306 e. The van der Waals surface area contributed by atoms with Crippen LogP contribution in [0.5, 0.6) is 0 Å². The maximum Gasteiger partial charge on any atom is 0.306 e. The fourth-order valence-electron chi connectivity index (χ4n) is 7.80. The Hall–Kier alpha value is -4.04. The number of ether oxygens (including phenoxy) is 2. The van der Waals surface area contributed by atoms with Crippen molar-refractivity contribution in [3.8, 4) is 0 Å². The van der Waals surface area contributed by atoms with Crippen LogP contribution in [0.4, 0.5) is 4.39 Å².